The lowest BCUT2D eigenvalue weighted by molar-refractivity contribution is -0.137. The second kappa shape index (κ2) is 10.5. The van der Waals surface area contributed by atoms with E-state index in [1.54, 1.807) is 11.1 Å². The van der Waals surface area contributed by atoms with Gasteiger partial charge in [-0.2, -0.15) is 0 Å². The van der Waals surface area contributed by atoms with E-state index < -0.39 is 18.2 Å². The third-order valence-corrected chi connectivity index (χ3v) is 7.76. The summed E-state index contributed by atoms with van der Waals surface area (Å²) < 4.78 is 11.9. The van der Waals surface area contributed by atoms with E-state index in [1.807, 2.05) is 38.1 Å². The molecule has 2 aromatic rings. The van der Waals surface area contributed by atoms with Crippen LogP contribution in [-0.4, -0.2) is 59.5 Å². The summed E-state index contributed by atoms with van der Waals surface area (Å²) in [5.74, 6) is 0.266. The SMILES string of the molecule is CC1(C)C/C=C/c2ccc3ccnc(c3c2)O[C@@H]2C[C@@H](C=O)N(C2)C(=O)[C@H](C2CCCC2)NC(=O)OC1. The van der Waals surface area contributed by atoms with Crippen LogP contribution in [0.5, 0.6) is 5.88 Å². The molecule has 2 aliphatic heterocycles. The number of rotatable bonds is 2. The average Bonchev–Trinajstić information content (AvgIpc) is 3.56. The standard InChI is InChI=1S/C29H35N3O5/c1-29(2)12-5-6-19-9-10-20-11-13-30-26(24(20)14-19)37-23-15-22(17-33)32(16-23)27(34)25(21-7-3-4-8-21)31-28(35)36-18-29/h5-6,9-11,13-14,17,21-23,25H,3-4,7-8,12,15-16,18H2,1-2H3,(H,31,35)/b6-5+/t22-,23+,25-/m0/s1. The van der Waals surface area contributed by atoms with E-state index in [0.717, 1.165) is 48.3 Å². The van der Waals surface area contributed by atoms with Gasteiger partial charge in [-0.15, -0.1) is 0 Å². The molecule has 8 nitrogen and oxygen atoms in total. The van der Waals surface area contributed by atoms with E-state index in [9.17, 15) is 14.4 Å². The Morgan fingerprint density at radius 1 is 1.16 bits per heavy atom. The van der Waals surface area contributed by atoms with Gasteiger partial charge in [0.05, 0.1) is 19.2 Å². The van der Waals surface area contributed by atoms with Crippen LogP contribution in [0.3, 0.4) is 0 Å². The van der Waals surface area contributed by atoms with E-state index in [2.05, 4.69) is 22.5 Å². The number of nitrogens with zero attached hydrogens (tertiary/aromatic N) is 2. The van der Waals surface area contributed by atoms with Crippen LogP contribution in [0.4, 0.5) is 4.79 Å². The van der Waals surface area contributed by atoms with Gasteiger partial charge in [0.2, 0.25) is 11.8 Å². The van der Waals surface area contributed by atoms with Crippen LogP contribution in [0.2, 0.25) is 0 Å². The first-order chi connectivity index (χ1) is 17.8. The summed E-state index contributed by atoms with van der Waals surface area (Å²) in [6.45, 7) is 4.56. The van der Waals surface area contributed by atoms with Crippen molar-refractivity contribution in [3.63, 3.8) is 0 Å². The van der Waals surface area contributed by atoms with Crippen LogP contribution in [-0.2, 0) is 14.3 Å². The predicted molar refractivity (Wildman–Crippen MR) is 140 cm³/mol. The number of aldehydes is 1. The van der Waals surface area contributed by atoms with Crippen LogP contribution in [0.15, 0.2) is 36.5 Å². The Hall–Kier alpha value is -3.42. The highest BCUT2D eigenvalue weighted by atomic mass is 16.5. The number of aromatic nitrogens is 1. The van der Waals surface area contributed by atoms with Gasteiger partial charge < -0.3 is 24.5 Å². The molecule has 3 atom stereocenters. The number of fused-ring (bicyclic) bond motifs is 3. The molecule has 4 bridgehead atoms. The number of amides is 2. The van der Waals surface area contributed by atoms with E-state index >= 15 is 0 Å². The minimum Gasteiger partial charge on any atom is -0.472 e. The number of nitrogens with one attached hydrogen (secondary N) is 1. The minimum atomic E-state index is -0.726. The van der Waals surface area contributed by atoms with Crippen LogP contribution in [0, 0.1) is 11.3 Å². The quantitative estimate of drug-likeness (QED) is 0.603. The summed E-state index contributed by atoms with van der Waals surface area (Å²) in [7, 11) is 0. The molecule has 2 fully saturated rings. The number of benzene rings is 1. The molecule has 1 aromatic heterocycles. The van der Waals surface area contributed by atoms with E-state index in [1.165, 1.54) is 0 Å². The highest BCUT2D eigenvalue weighted by Crippen LogP contribution is 2.32. The van der Waals surface area contributed by atoms with Crippen molar-refractivity contribution in [2.75, 3.05) is 13.2 Å². The van der Waals surface area contributed by atoms with Crippen molar-refractivity contribution in [2.24, 2.45) is 11.3 Å². The van der Waals surface area contributed by atoms with E-state index in [-0.39, 0.29) is 36.5 Å². The van der Waals surface area contributed by atoms with Gasteiger partial charge in [-0.25, -0.2) is 9.78 Å². The molecule has 8 heteroatoms. The lowest BCUT2D eigenvalue weighted by Gasteiger charge is -2.30. The second-order valence-electron chi connectivity index (χ2n) is 11.3. The molecule has 1 saturated carbocycles. The summed E-state index contributed by atoms with van der Waals surface area (Å²) in [4.78, 5) is 44.7. The van der Waals surface area contributed by atoms with Gasteiger partial charge in [-0.05, 0) is 48.3 Å². The monoisotopic (exact) mass is 505 g/mol. The van der Waals surface area contributed by atoms with Crippen molar-refractivity contribution in [1.82, 2.24) is 15.2 Å². The van der Waals surface area contributed by atoms with Crippen molar-refractivity contribution in [3.05, 3.63) is 42.1 Å². The van der Waals surface area contributed by atoms with E-state index in [0.29, 0.717) is 18.7 Å². The Kier molecular flexibility index (Phi) is 7.17. The lowest BCUT2D eigenvalue weighted by Crippen LogP contribution is -2.53. The fraction of sp³-hybridized carbons (Fsp3) is 0.517. The third-order valence-electron chi connectivity index (χ3n) is 7.76. The Labute approximate surface area is 217 Å². The number of hydrogen-bond acceptors (Lipinski definition) is 6. The number of carbonyl (C=O) groups excluding carboxylic acids is 3. The Bertz CT molecular complexity index is 1200. The maximum Gasteiger partial charge on any atom is 0.407 e. The number of pyridine rings is 1. The number of alkyl carbamates (subject to hydrolysis) is 1. The fourth-order valence-corrected chi connectivity index (χ4v) is 5.66. The van der Waals surface area contributed by atoms with Gasteiger partial charge in [-0.1, -0.05) is 51.0 Å². The van der Waals surface area contributed by atoms with Crippen molar-refractivity contribution >= 4 is 35.1 Å². The number of allylic oxidation sites excluding steroid dienone is 1. The minimum absolute atomic E-state index is 0.0204. The molecule has 5 rings (SSSR count). The summed E-state index contributed by atoms with van der Waals surface area (Å²) in [6.07, 6.45) is 10.5. The highest BCUT2D eigenvalue weighted by Gasteiger charge is 2.42. The lowest BCUT2D eigenvalue weighted by atomic mass is 9.90. The Morgan fingerprint density at radius 2 is 1.97 bits per heavy atom. The molecule has 37 heavy (non-hydrogen) atoms. The summed E-state index contributed by atoms with van der Waals surface area (Å²) in [5, 5.41) is 4.75. The first-order valence-corrected chi connectivity index (χ1v) is 13.2. The summed E-state index contributed by atoms with van der Waals surface area (Å²) >= 11 is 0. The van der Waals surface area contributed by atoms with Crippen molar-refractivity contribution in [3.8, 4) is 5.88 Å². The number of carbonyl (C=O) groups is 3. The van der Waals surface area contributed by atoms with Gasteiger partial charge in [0.1, 0.15) is 18.4 Å². The van der Waals surface area contributed by atoms with Crippen molar-refractivity contribution < 1.29 is 23.9 Å². The average molecular weight is 506 g/mol. The van der Waals surface area contributed by atoms with Crippen LogP contribution >= 0.6 is 0 Å². The molecule has 3 heterocycles. The topological polar surface area (TPSA) is 97.8 Å². The fourth-order valence-electron chi connectivity index (χ4n) is 5.66. The highest BCUT2D eigenvalue weighted by molar-refractivity contribution is 5.89. The van der Waals surface area contributed by atoms with Crippen LogP contribution < -0.4 is 10.1 Å². The zero-order valence-corrected chi connectivity index (χ0v) is 21.5. The second-order valence-corrected chi connectivity index (χ2v) is 11.3. The smallest absolute Gasteiger partial charge is 0.407 e. The van der Waals surface area contributed by atoms with Gasteiger partial charge >= 0.3 is 6.09 Å². The number of cyclic esters (lactones) is 1. The number of ether oxygens (including phenoxy) is 2. The molecule has 1 N–H and O–H groups in total. The first-order valence-electron chi connectivity index (χ1n) is 13.2. The normalized spacial score (nSPS) is 27.7. The molecule has 2 amide bonds. The molecule has 1 aliphatic carbocycles. The van der Waals surface area contributed by atoms with Crippen molar-refractivity contribution in [2.45, 2.75) is 70.6 Å². The Balaban J connectivity index is 1.50. The molecule has 1 saturated heterocycles. The van der Waals surface area contributed by atoms with Gasteiger partial charge in [0.15, 0.2) is 0 Å². The summed E-state index contributed by atoms with van der Waals surface area (Å²) in [6, 6.07) is 6.71. The van der Waals surface area contributed by atoms with Crippen molar-refractivity contribution in [1.29, 1.82) is 0 Å². The van der Waals surface area contributed by atoms with Gasteiger partial charge in [-0.3, -0.25) is 4.79 Å². The largest absolute Gasteiger partial charge is 0.472 e. The molecular weight excluding hydrogens is 470 g/mol. The summed E-state index contributed by atoms with van der Waals surface area (Å²) in [5.41, 5.74) is 0.721. The van der Waals surface area contributed by atoms with Gasteiger partial charge in [0.25, 0.3) is 0 Å². The molecule has 0 radical (unpaired) electrons. The van der Waals surface area contributed by atoms with Crippen LogP contribution in [0.25, 0.3) is 16.8 Å². The predicted octanol–water partition coefficient (Wildman–Crippen LogP) is 4.51. The van der Waals surface area contributed by atoms with E-state index in [4.69, 9.17) is 9.47 Å². The Morgan fingerprint density at radius 3 is 2.76 bits per heavy atom. The zero-order valence-electron chi connectivity index (χ0n) is 21.5. The number of hydrogen-bond donors (Lipinski definition) is 1. The van der Waals surface area contributed by atoms with Crippen LogP contribution in [0.1, 0.15) is 57.9 Å². The molecule has 196 valence electrons. The molecular formula is C29H35N3O5. The first kappa shape index (κ1) is 25.2. The maximum absolute atomic E-state index is 13.8. The zero-order chi connectivity index (χ0) is 26.0. The third kappa shape index (κ3) is 5.63. The van der Waals surface area contributed by atoms with Gasteiger partial charge in [0, 0.05) is 23.4 Å². The molecule has 1 aromatic carbocycles. The maximum atomic E-state index is 13.8. The molecule has 0 spiro atoms. The molecule has 3 aliphatic rings. The molecule has 0 unspecified atom stereocenters.